The lowest BCUT2D eigenvalue weighted by atomic mass is 9.75. The molecule has 0 unspecified atom stereocenters. The van der Waals surface area contributed by atoms with E-state index in [1.165, 1.54) is 0 Å². The first-order valence-corrected chi connectivity index (χ1v) is 8.46. The van der Waals surface area contributed by atoms with Crippen molar-refractivity contribution in [3.63, 3.8) is 0 Å². The summed E-state index contributed by atoms with van der Waals surface area (Å²) < 4.78 is 5.73. The van der Waals surface area contributed by atoms with E-state index in [9.17, 15) is 4.79 Å². The molecule has 1 heterocycles. The smallest absolute Gasteiger partial charge is 0.373 e. The molecule has 0 saturated carbocycles. The number of esters is 1. The van der Waals surface area contributed by atoms with E-state index >= 15 is 0 Å². The fourth-order valence-electron chi connectivity index (χ4n) is 2.19. The zero-order chi connectivity index (χ0) is 17.2. The van der Waals surface area contributed by atoms with Crippen molar-refractivity contribution in [2.75, 3.05) is 0 Å². The minimum Gasteiger partial charge on any atom is -0.455 e. The number of ether oxygens (including phenoxy) is 1. The van der Waals surface area contributed by atoms with Gasteiger partial charge in [-0.1, -0.05) is 48.0 Å². The molecule has 0 amide bonds. The average molecular weight is 314 g/mol. The zero-order valence-corrected chi connectivity index (χ0v) is 15.7. The highest BCUT2D eigenvalue weighted by atomic mass is 17.4. The van der Waals surface area contributed by atoms with Gasteiger partial charge in [-0.3, -0.25) is 0 Å². The molecular formula is C18H34O4. The van der Waals surface area contributed by atoms with Gasteiger partial charge in [0.1, 0.15) is 5.60 Å². The first-order chi connectivity index (χ1) is 9.85. The summed E-state index contributed by atoms with van der Waals surface area (Å²) in [5.74, 6) is -1.55. The van der Waals surface area contributed by atoms with Crippen LogP contribution in [0.1, 0.15) is 87.5 Å². The number of hydrogen-bond donors (Lipinski definition) is 0. The maximum Gasteiger partial charge on any atom is 0.373 e. The van der Waals surface area contributed by atoms with Crippen LogP contribution < -0.4 is 0 Å². The van der Waals surface area contributed by atoms with Gasteiger partial charge in [-0.25, -0.2) is 4.79 Å². The highest BCUT2D eigenvalue weighted by Gasteiger charge is 2.59. The summed E-state index contributed by atoms with van der Waals surface area (Å²) in [7, 11) is 0. The Labute approximate surface area is 135 Å². The summed E-state index contributed by atoms with van der Waals surface area (Å²) in [5, 5.41) is 0. The number of unbranched alkanes of at least 4 members (excludes halogenated alkanes) is 1. The Bertz CT molecular complexity index is 386. The van der Waals surface area contributed by atoms with Gasteiger partial charge < -0.3 is 4.74 Å². The molecule has 0 aromatic heterocycles. The van der Waals surface area contributed by atoms with Gasteiger partial charge in [0.2, 0.25) is 0 Å². The van der Waals surface area contributed by atoms with Gasteiger partial charge in [0.05, 0.1) is 0 Å². The van der Waals surface area contributed by atoms with Crippen LogP contribution in [-0.4, -0.2) is 17.4 Å². The molecular weight excluding hydrogens is 280 g/mol. The van der Waals surface area contributed by atoms with Crippen molar-refractivity contribution in [2.45, 2.75) is 98.9 Å². The Balaban J connectivity index is 2.51. The summed E-state index contributed by atoms with van der Waals surface area (Å²) in [5.41, 5.74) is -0.358. The standard InChI is InChI=1S/C18H34O4/c1-9-16(5,6)17(7,8)20-14(19)18(21-22-18)13-11-10-12-15(2,3)4/h9-13H2,1-8H3. The highest BCUT2D eigenvalue weighted by molar-refractivity contribution is 5.79. The first-order valence-electron chi connectivity index (χ1n) is 8.46. The lowest BCUT2D eigenvalue weighted by Gasteiger charge is -2.40. The minimum atomic E-state index is -1.15. The molecule has 0 radical (unpaired) electrons. The zero-order valence-electron chi connectivity index (χ0n) is 15.7. The topological polar surface area (TPSA) is 51.4 Å². The molecule has 0 spiro atoms. The van der Waals surface area contributed by atoms with Gasteiger partial charge in [-0.15, -0.1) is 0 Å². The van der Waals surface area contributed by atoms with Gasteiger partial charge in [0.25, 0.3) is 0 Å². The van der Waals surface area contributed by atoms with Crippen molar-refractivity contribution in [3.8, 4) is 0 Å². The van der Waals surface area contributed by atoms with Gasteiger partial charge >= 0.3 is 11.8 Å². The number of hydrogen-bond acceptors (Lipinski definition) is 4. The first kappa shape index (κ1) is 19.4. The van der Waals surface area contributed by atoms with E-state index in [4.69, 9.17) is 14.5 Å². The van der Waals surface area contributed by atoms with Crippen molar-refractivity contribution in [2.24, 2.45) is 10.8 Å². The largest absolute Gasteiger partial charge is 0.455 e. The molecule has 1 saturated heterocycles. The molecule has 1 aliphatic heterocycles. The molecule has 4 heteroatoms. The number of carbonyl (C=O) groups is 1. The Hall–Kier alpha value is -0.610. The third kappa shape index (κ3) is 4.95. The molecule has 0 aliphatic carbocycles. The molecule has 4 nitrogen and oxygen atoms in total. The molecule has 1 rings (SSSR count). The second kappa shape index (κ2) is 6.48. The summed E-state index contributed by atoms with van der Waals surface area (Å²) >= 11 is 0. The number of carbonyl (C=O) groups excluding carboxylic acids is 1. The maximum absolute atomic E-state index is 12.4. The quantitative estimate of drug-likeness (QED) is 0.273. The molecule has 0 atom stereocenters. The summed E-state index contributed by atoms with van der Waals surface area (Å²) in [4.78, 5) is 22.4. The Kier molecular flexibility index (Phi) is 5.73. The molecule has 0 aromatic carbocycles. The van der Waals surface area contributed by atoms with Crippen molar-refractivity contribution in [3.05, 3.63) is 0 Å². The van der Waals surface area contributed by atoms with Crippen LogP contribution in [0.2, 0.25) is 0 Å². The van der Waals surface area contributed by atoms with Crippen LogP contribution >= 0.6 is 0 Å². The van der Waals surface area contributed by atoms with Gasteiger partial charge in [0.15, 0.2) is 0 Å². The maximum atomic E-state index is 12.4. The third-order valence-corrected chi connectivity index (χ3v) is 5.14. The van der Waals surface area contributed by atoms with E-state index in [1.54, 1.807) is 0 Å². The van der Waals surface area contributed by atoms with Crippen LogP contribution in [0.5, 0.6) is 0 Å². The Morgan fingerprint density at radius 1 is 1.00 bits per heavy atom. The third-order valence-electron chi connectivity index (χ3n) is 5.14. The van der Waals surface area contributed by atoms with E-state index in [0.717, 1.165) is 25.7 Å². The van der Waals surface area contributed by atoms with Crippen molar-refractivity contribution >= 4 is 5.97 Å². The van der Waals surface area contributed by atoms with Crippen molar-refractivity contribution < 1.29 is 19.3 Å². The van der Waals surface area contributed by atoms with Crippen LogP contribution in [0.25, 0.3) is 0 Å². The van der Waals surface area contributed by atoms with Crippen LogP contribution in [0, 0.1) is 10.8 Å². The van der Waals surface area contributed by atoms with E-state index < -0.39 is 17.4 Å². The van der Waals surface area contributed by atoms with Gasteiger partial charge in [0, 0.05) is 11.8 Å². The van der Waals surface area contributed by atoms with Gasteiger partial charge in [-0.2, -0.15) is 9.78 Å². The molecule has 0 bridgehead atoms. The molecule has 0 aromatic rings. The summed E-state index contributed by atoms with van der Waals surface area (Å²) in [6.07, 6.45) is 4.55. The lowest BCUT2D eigenvalue weighted by Crippen LogP contribution is -2.45. The van der Waals surface area contributed by atoms with E-state index in [0.29, 0.717) is 11.8 Å². The van der Waals surface area contributed by atoms with Crippen LogP contribution in [0.3, 0.4) is 0 Å². The predicted octanol–water partition coefficient (Wildman–Crippen LogP) is 5.01. The minimum absolute atomic E-state index is 0.106. The Morgan fingerprint density at radius 2 is 1.55 bits per heavy atom. The predicted molar refractivity (Wildman–Crippen MR) is 87.1 cm³/mol. The second-order valence-corrected chi connectivity index (χ2v) is 8.82. The molecule has 0 N–H and O–H groups in total. The summed E-state index contributed by atoms with van der Waals surface area (Å²) in [6.45, 7) is 16.9. The molecule has 1 aliphatic rings. The fourth-order valence-corrected chi connectivity index (χ4v) is 2.19. The van der Waals surface area contributed by atoms with E-state index in [2.05, 4.69) is 41.5 Å². The monoisotopic (exact) mass is 314 g/mol. The van der Waals surface area contributed by atoms with Crippen LogP contribution in [0.15, 0.2) is 0 Å². The van der Waals surface area contributed by atoms with Crippen LogP contribution in [0.4, 0.5) is 0 Å². The summed E-state index contributed by atoms with van der Waals surface area (Å²) in [6, 6.07) is 0. The SMILES string of the molecule is CCC(C)(C)C(C)(C)OC(=O)C1(CCCCC(C)(C)C)OO1. The number of rotatable bonds is 8. The second-order valence-electron chi connectivity index (χ2n) is 8.82. The average Bonchev–Trinajstić information content (AvgIpc) is 3.14. The van der Waals surface area contributed by atoms with E-state index in [1.807, 2.05) is 13.8 Å². The van der Waals surface area contributed by atoms with E-state index in [-0.39, 0.29) is 5.41 Å². The van der Waals surface area contributed by atoms with Crippen molar-refractivity contribution in [1.29, 1.82) is 0 Å². The fraction of sp³-hybridized carbons (Fsp3) is 0.944. The normalized spacial score (nSPS) is 18.2. The molecule has 130 valence electrons. The lowest BCUT2D eigenvalue weighted by molar-refractivity contribution is -0.176. The van der Waals surface area contributed by atoms with Crippen molar-refractivity contribution in [1.82, 2.24) is 0 Å². The van der Waals surface area contributed by atoms with Crippen LogP contribution in [-0.2, 0) is 19.3 Å². The molecule has 1 fully saturated rings. The Morgan fingerprint density at radius 3 is 1.95 bits per heavy atom. The molecule has 22 heavy (non-hydrogen) atoms. The van der Waals surface area contributed by atoms with Gasteiger partial charge in [-0.05, 0) is 38.5 Å². The highest BCUT2D eigenvalue weighted by Crippen LogP contribution is 2.42.